The Hall–Kier alpha value is -2.81. The van der Waals surface area contributed by atoms with Crippen LogP contribution in [0.3, 0.4) is 0 Å². The minimum absolute atomic E-state index is 0.0694. The van der Waals surface area contributed by atoms with Crippen LogP contribution in [0.1, 0.15) is 113 Å². The number of carboxylic acids is 1. The Bertz CT molecular complexity index is 2630. The topological polar surface area (TPSA) is 476 Å². The van der Waals surface area contributed by atoms with Crippen LogP contribution >= 0.6 is 0 Å². The summed E-state index contributed by atoms with van der Waals surface area (Å²) in [5, 5.41) is 176. The van der Waals surface area contributed by atoms with Crippen molar-refractivity contribution in [1.29, 1.82) is 0 Å². The second kappa shape index (κ2) is 26.2. The van der Waals surface area contributed by atoms with E-state index >= 15 is 4.79 Å². The maximum Gasteiger partial charge on any atom is 0.315 e. The van der Waals surface area contributed by atoms with Gasteiger partial charge in [0.1, 0.15) is 97.7 Å². The number of carbonyl (C=O) groups is 3. The smallest absolute Gasteiger partial charge is 0.315 e. The summed E-state index contributed by atoms with van der Waals surface area (Å²) in [4.78, 5) is 42.6. The Morgan fingerprint density at radius 2 is 1.12 bits per heavy atom. The van der Waals surface area contributed by atoms with E-state index in [2.05, 4.69) is 20.8 Å². The molecule has 0 amide bonds. The van der Waals surface area contributed by atoms with Crippen molar-refractivity contribution in [3.8, 4) is 0 Å². The van der Waals surface area contributed by atoms with Gasteiger partial charge in [0.2, 0.25) is 6.29 Å². The minimum Gasteiger partial charge on any atom is -0.481 e. The fraction of sp³-hybridized carbons (Fsp3) is 0.918. The number of esters is 2. The molecule has 520 valence electrons. The number of aliphatic hydroxyl groups is 15. The number of rotatable bonds is 15. The highest BCUT2D eigenvalue weighted by atomic mass is 16.8. The molecule has 0 spiro atoms. The fourth-order valence-electron chi connectivity index (χ4n) is 18.1. The van der Waals surface area contributed by atoms with Crippen LogP contribution in [0.15, 0.2) is 11.6 Å². The van der Waals surface area contributed by atoms with Crippen LogP contribution in [0, 0.1) is 50.2 Å². The SMILES string of the molecule is CC(=O)OC1C(O)C(C)OC(OC(=O)C23CCC(C)(C)CC2C2=CCC4C5(C)CC(O)C(OC6OC(CO)C(O)C(O)C6OC6OC(CO)C(O)C(O)C6O)C(C)(C(=O)O)C5CCC4(C)C2(CO)CC3)C1OC1OC(C)C(OC2OCC(O)C(O)C2O)C(O)C1O. The molecule has 0 aromatic heterocycles. The maximum atomic E-state index is 15.7. The Morgan fingerprint density at radius 1 is 0.549 bits per heavy atom. The molecule has 10 rings (SSSR count). The lowest BCUT2D eigenvalue weighted by atomic mass is 9.33. The van der Waals surface area contributed by atoms with E-state index < -0.39 is 242 Å². The number of ether oxygens (including phenoxy) is 11. The highest BCUT2D eigenvalue weighted by Crippen LogP contribution is 2.76. The second-order valence-electron chi connectivity index (χ2n) is 29.0. The van der Waals surface area contributed by atoms with Gasteiger partial charge in [-0.3, -0.25) is 14.4 Å². The molecule has 5 saturated heterocycles. The van der Waals surface area contributed by atoms with Crippen molar-refractivity contribution in [3.63, 3.8) is 0 Å². The Labute approximate surface area is 525 Å². The Balaban J connectivity index is 0.927. The summed E-state index contributed by atoms with van der Waals surface area (Å²) in [7, 11) is 0. The number of hydrogen-bond acceptors (Lipinski definition) is 29. The normalized spacial score (nSPS) is 53.1. The van der Waals surface area contributed by atoms with E-state index in [1.165, 1.54) is 20.8 Å². The van der Waals surface area contributed by atoms with Crippen LogP contribution < -0.4 is 0 Å². The summed E-state index contributed by atoms with van der Waals surface area (Å²) >= 11 is 0. The average molecular weight is 1310 g/mol. The first-order valence-corrected chi connectivity index (χ1v) is 31.8. The van der Waals surface area contributed by atoms with Crippen LogP contribution in [-0.4, -0.2) is 286 Å². The van der Waals surface area contributed by atoms with Crippen LogP contribution in [-0.2, 0) is 66.5 Å². The lowest BCUT2D eigenvalue weighted by Gasteiger charge is -2.71. The molecular weight excluding hydrogens is 1210 g/mol. The molecule has 34 atom stereocenters. The summed E-state index contributed by atoms with van der Waals surface area (Å²) in [5.41, 5.74) is -5.71. The van der Waals surface area contributed by atoms with Crippen molar-refractivity contribution in [2.24, 2.45) is 50.2 Å². The monoisotopic (exact) mass is 1310 g/mol. The summed E-state index contributed by atoms with van der Waals surface area (Å²) in [6.45, 7) is 11.1. The molecule has 5 heterocycles. The first-order chi connectivity index (χ1) is 42.6. The lowest BCUT2D eigenvalue weighted by molar-refractivity contribution is -0.382. The van der Waals surface area contributed by atoms with Gasteiger partial charge < -0.3 is 134 Å². The van der Waals surface area contributed by atoms with E-state index in [4.69, 9.17) is 52.1 Å². The third-order valence-corrected chi connectivity index (χ3v) is 23.4. The van der Waals surface area contributed by atoms with Crippen molar-refractivity contribution in [3.05, 3.63) is 11.6 Å². The number of carbonyl (C=O) groups excluding carboxylic acids is 2. The molecule has 5 aliphatic heterocycles. The number of aliphatic carboxylic acids is 1. The van der Waals surface area contributed by atoms with Gasteiger partial charge in [0.15, 0.2) is 37.4 Å². The van der Waals surface area contributed by atoms with Gasteiger partial charge >= 0.3 is 17.9 Å². The molecule has 5 aliphatic carbocycles. The molecule has 16 N–H and O–H groups in total. The summed E-state index contributed by atoms with van der Waals surface area (Å²) in [6, 6.07) is 0. The molecule has 0 bridgehead atoms. The number of allylic oxidation sites excluding steroid dienone is 1. The zero-order valence-electron chi connectivity index (χ0n) is 52.4. The van der Waals surface area contributed by atoms with E-state index in [0.717, 1.165) is 12.5 Å². The van der Waals surface area contributed by atoms with Crippen molar-refractivity contribution in [1.82, 2.24) is 0 Å². The van der Waals surface area contributed by atoms with Gasteiger partial charge in [-0.05, 0) is 113 Å². The van der Waals surface area contributed by atoms with Gasteiger partial charge in [-0.25, -0.2) is 0 Å². The lowest BCUT2D eigenvalue weighted by Crippen LogP contribution is -2.71. The molecule has 9 fully saturated rings. The quantitative estimate of drug-likeness (QED) is 0.0423. The second-order valence-corrected chi connectivity index (χ2v) is 29.0. The third kappa shape index (κ3) is 11.8. The first-order valence-electron chi connectivity index (χ1n) is 31.8. The van der Waals surface area contributed by atoms with E-state index in [9.17, 15) is 91.3 Å². The molecule has 30 heteroatoms. The Morgan fingerprint density at radius 3 is 1.76 bits per heavy atom. The molecule has 34 unspecified atom stereocenters. The van der Waals surface area contributed by atoms with Crippen molar-refractivity contribution < 1.29 is 148 Å². The zero-order chi connectivity index (χ0) is 66.7. The van der Waals surface area contributed by atoms with E-state index in [1.807, 2.05) is 13.0 Å². The Kier molecular flexibility index (Phi) is 20.4. The summed E-state index contributed by atoms with van der Waals surface area (Å²) in [5.74, 6) is -4.76. The number of hydrogen-bond donors (Lipinski definition) is 16. The van der Waals surface area contributed by atoms with Crippen molar-refractivity contribution >= 4 is 17.9 Å². The number of fused-ring (bicyclic) bond motifs is 7. The largest absolute Gasteiger partial charge is 0.481 e. The van der Waals surface area contributed by atoms with E-state index in [-0.39, 0.29) is 37.7 Å². The van der Waals surface area contributed by atoms with E-state index in [1.54, 1.807) is 0 Å². The summed E-state index contributed by atoms with van der Waals surface area (Å²) < 4.78 is 65.7. The van der Waals surface area contributed by atoms with Crippen molar-refractivity contribution in [2.75, 3.05) is 26.4 Å². The maximum absolute atomic E-state index is 15.7. The van der Waals surface area contributed by atoms with Gasteiger partial charge in [0, 0.05) is 12.3 Å². The van der Waals surface area contributed by atoms with Crippen LogP contribution in [0.5, 0.6) is 0 Å². The van der Waals surface area contributed by atoms with Gasteiger partial charge in [-0.2, -0.15) is 0 Å². The fourth-order valence-corrected chi connectivity index (χ4v) is 18.1. The van der Waals surface area contributed by atoms with Crippen LogP contribution in [0.4, 0.5) is 0 Å². The average Bonchev–Trinajstić information content (AvgIpc) is 0.672. The molecule has 0 aromatic rings. The predicted molar refractivity (Wildman–Crippen MR) is 301 cm³/mol. The van der Waals surface area contributed by atoms with Crippen LogP contribution in [0.25, 0.3) is 0 Å². The number of aliphatic hydroxyl groups excluding tert-OH is 15. The minimum atomic E-state index is -1.99. The number of carboxylic acid groups (broad SMARTS) is 1. The standard InChI is InChI=1S/C61H96O30/c1-23-34(68)45(84-25(3)65)47(89-50-43(77)40(74)44(24(2)83-50)87-49-41(75)35(69)29(67)21-81-49)53(82-23)91-55(80)60-14-13-56(4,5)17-27(60)26-9-10-32-57(6)18-28(66)48(59(8,54(78)79)33(57)11-12-58(32,7)61(26,22-64)16-15-60)90-52-46(39(73)37(71)31(20-63)86-52)88-51-42(76)38(72)36(70)30(19-62)85-51/h9,23-24,27-53,62-64,66-77H,10-22H2,1-8H3,(H,78,79). The molecule has 0 radical (unpaired) electrons. The molecule has 10 aliphatic rings. The van der Waals surface area contributed by atoms with Crippen molar-refractivity contribution in [2.45, 2.75) is 273 Å². The molecular formula is C61H96O30. The molecule has 30 nitrogen and oxygen atoms in total. The van der Waals surface area contributed by atoms with Gasteiger partial charge in [0.05, 0.1) is 55.6 Å². The molecule has 0 aromatic carbocycles. The van der Waals surface area contributed by atoms with Gasteiger partial charge in [0.25, 0.3) is 0 Å². The zero-order valence-corrected chi connectivity index (χ0v) is 52.4. The molecule has 91 heavy (non-hydrogen) atoms. The first kappa shape index (κ1) is 71.0. The van der Waals surface area contributed by atoms with E-state index in [0.29, 0.717) is 32.1 Å². The highest BCUT2D eigenvalue weighted by Gasteiger charge is 2.74. The third-order valence-electron chi connectivity index (χ3n) is 23.4. The highest BCUT2D eigenvalue weighted by molar-refractivity contribution is 5.79. The van der Waals surface area contributed by atoms with Crippen LogP contribution in [0.2, 0.25) is 0 Å². The van der Waals surface area contributed by atoms with Gasteiger partial charge in [-0.15, -0.1) is 0 Å². The predicted octanol–water partition coefficient (Wildman–Crippen LogP) is -3.94. The van der Waals surface area contributed by atoms with Gasteiger partial charge in [-0.1, -0.05) is 39.3 Å². The summed E-state index contributed by atoms with van der Waals surface area (Å²) in [6.07, 6.45) is -39.4. The molecule has 4 saturated carbocycles.